The Labute approximate surface area is 93.0 Å². The van der Waals surface area contributed by atoms with Gasteiger partial charge in [-0.15, -0.1) is 0 Å². The van der Waals surface area contributed by atoms with E-state index in [1.807, 2.05) is 0 Å². The highest BCUT2D eigenvalue weighted by Crippen LogP contribution is 2.22. The van der Waals surface area contributed by atoms with Crippen LogP contribution >= 0.6 is 0 Å². The molecule has 1 aromatic carbocycles. The van der Waals surface area contributed by atoms with Gasteiger partial charge in [0.1, 0.15) is 29.3 Å². The molecule has 80 valence electrons. The molecule has 0 saturated carbocycles. The summed E-state index contributed by atoms with van der Waals surface area (Å²) >= 11 is 0. The Balaban J connectivity index is 3.21. The Hall–Kier alpha value is -2.33. The molecule has 0 aliphatic carbocycles. The zero-order chi connectivity index (χ0) is 12.0. The van der Waals surface area contributed by atoms with Gasteiger partial charge in [0.15, 0.2) is 0 Å². The van der Waals surface area contributed by atoms with Gasteiger partial charge in [-0.2, -0.15) is 10.5 Å². The lowest BCUT2D eigenvalue weighted by Crippen LogP contribution is -1.94. The number of nitriles is 2. The summed E-state index contributed by atoms with van der Waals surface area (Å²) < 4.78 is 18.2. The predicted molar refractivity (Wildman–Crippen MR) is 56.8 cm³/mol. The molecular formula is C12H9FN2O. The minimum absolute atomic E-state index is 0.0912. The Morgan fingerprint density at radius 3 is 2.69 bits per heavy atom. The van der Waals surface area contributed by atoms with Crippen molar-refractivity contribution < 1.29 is 9.13 Å². The van der Waals surface area contributed by atoms with Crippen molar-refractivity contribution in [1.82, 2.24) is 0 Å². The summed E-state index contributed by atoms with van der Waals surface area (Å²) in [7, 11) is 0. The number of nitrogens with zero attached hydrogens (tertiary/aromatic N) is 2. The van der Waals surface area contributed by atoms with Crippen molar-refractivity contribution in [3.63, 3.8) is 0 Å². The van der Waals surface area contributed by atoms with Crippen molar-refractivity contribution >= 4 is 6.08 Å². The standard InChI is InChI=1S/C12H9FN2O/c1-2-16-12-4-3-11(13)6-10(12)5-9(7-14)8-15/h3-6H,2H2,1H3. The van der Waals surface area contributed by atoms with Gasteiger partial charge in [0.05, 0.1) is 6.61 Å². The van der Waals surface area contributed by atoms with E-state index >= 15 is 0 Å². The molecule has 0 spiro atoms. The summed E-state index contributed by atoms with van der Waals surface area (Å²) in [5.74, 6) is 0.0110. The first-order valence-corrected chi connectivity index (χ1v) is 4.65. The van der Waals surface area contributed by atoms with Crippen molar-refractivity contribution in [3.8, 4) is 17.9 Å². The van der Waals surface area contributed by atoms with Gasteiger partial charge < -0.3 is 4.74 Å². The van der Waals surface area contributed by atoms with Crippen molar-refractivity contribution in [2.45, 2.75) is 6.92 Å². The number of halogens is 1. The normalized spacial score (nSPS) is 8.75. The summed E-state index contributed by atoms with van der Waals surface area (Å²) in [5.41, 5.74) is 0.298. The maximum Gasteiger partial charge on any atom is 0.130 e. The van der Waals surface area contributed by atoms with E-state index in [2.05, 4.69) is 0 Å². The molecule has 0 unspecified atom stereocenters. The molecule has 0 aliphatic heterocycles. The number of allylic oxidation sites excluding steroid dienone is 1. The summed E-state index contributed by atoms with van der Waals surface area (Å²) in [6, 6.07) is 7.38. The Bertz CT molecular complexity index is 479. The molecule has 4 heteroatoms. The van der Waals surface area contributed by atoms with E-state index in [-0.39, 0.29) is 5.57 Å². The second-order valence-corrected chi connectivity index (χ2v) is 2.90. The van der Waals surface area contributed by atoms with Crippen LogP contribution in [0, 0.1) is 28.5 Å². The van der Waals surface area contributed by atoms with Crippen molar-refractivity contribution in [1.29, 1.82) is 10.5 Å². The molecule has 0 atom stereocenters. The highest BCUT2D eigenvalue weighted by molar-refractivity contribution is 5.66. The van der Waals surface area contributed by atoms with Crippen LogP contribution in [0.2, 0.25) is 0 Å². The van der Waals surface area contributed by atoms with Crippen LogP contribution in [0.25, 0.3) is 6.08 Å². The third-order valence-corrected chi connectivity index (χ3v) is 1.81. The van der Waals surface area contributed by atoms with Crippen LogP contribution < -0.4 is 4.74 Å². The highest BCUT2D eigenvalue weighted by Gasteiger charge is 2.04. The monoisotopic (exact) mass is 216 g/mol. The van der Waals surface area contributed by atoms with Gasteiger partial charge in [0.2, 0.25) is 0 Å². The fraction of sp³-hybridized carbons (Fsp3) is 0.167. The third kappa shape index (κ3) is 2.83. The zero-order valence-electron chi connectivity index (χ0n) is 8.70. The van der Waals surface area contributed by atoms with Gasteiger partial charge in [0, 0.05) is 5.56 Å². The largest absolute Gasteiger partial charge is 0.493 e. The first-order valence-electron chi connectivity index (χ1n) is 4.65. The molecule has 0 N–H and O–H groups in total. The molecular weight excluding hydrogens is 207 g/mol. The fourth-order valence-corrected chi connectivity index (χ4v) is 1.16. The molecule has 0 heterocycles. The van der Waals surface area contributed by atoms with Crippen LogP contribution in [0.4, 0.5) is 4.39 Å². The van der Waals surface area contributed by atoms with E-state index in [0.717, 1.165) is 0 Å². The highest BCUT2D eigenvalue weighted by atomic mass is 19.1. The van der Waals surface area contributed by atoms with Crippen LogP contribution in [0.3, 0.4) is 0 Å². The minimum Gasteiger partial charge on any atom is -0.493 e. The number of hydrogen-bond acceptors (Lipinski definition) is 3. The molecule has 0 aromatic heterocycles. The summed E-state index contributed by atoms with van der Waals surface area (Å²) in [6.07, 6.45) is 1.30. The summed E-state index contributed by atoms with van der Waals surface area (Å²) in [6.45, 7) is 2.23. The molecule has 1 aromatic rings. The van der Waals surface area contributed by atoms with Crippen LogP contribution in [0.1, 0.15) is 12.5 Å². The van der Waals surface area contributed by atoms with Crippen molar-refractivity contribution in [2.24, 2.45) is 0 Å². The Morgan fingerprint density at radius 2 is 2.12 bits per heavy atom. The van der Waals surface area contributed by atoms with Crippen LogP contribution in [-0.2, 0) is 0 Å². The van der Waals surface area contributed by atoms with Crippen LogP contribution in [-0.4, -0.2) is 6.61 Å². The third-order valence-electron chi connectivity index (χ3n) is 1.81. The van der Waals surface area contributed by atoms with Gasteiger partial charge in [-0.3, -0.25) is 0 Å². The first kappa shape index (κ1) is 11.7. The zero-order valence-corrected chi connectivity index (χ0v) is 8.70. The molecule has 16 heavy (non-hydrogen) atoms. The van der Waals surface area contributed by atoms with Gasteiger partial charge >= 0.3 is 0 Å². The number of hydrogen-bond donors (Lipinski definition) is 0. The SMILES string of the molecule is CCOc1ccc(F)cc1C=C(C#N)C#N. The molecule has 0 saturated heterocycles. The average molecular weight is 216 g/mol. The minimum atomic E-state index is -0.440. The molecule has 0 aliphatic rings. The van der Waals surface area contributed by atoms with Gasteiger partial charge in [0.25, 0.3) is 0 Å². The fourth-order valence-electron chi connectivity index (χ4n) is 1.16. The summed E-state index contributed by atoms with van der Waals surface area (Å²) in [4.78, 5) is 0. The smallest absolute Gasteiger partial charge is 0.130 e. The number of rotatable bonds is 3. The Kier molecular flexibility index (Phi) is 4.06. The molecule has 0 radical (unpaired) electrons. The second-order valence-electron chi connectivity index (χ2n) is 2.90. The number of benzene rings is 1. The van der Waals surface area contributed by atoms with Gasteiger partial charge in [-0.05, 0) is 31.2 Å². The van der Waals surface area contributed by atoms with E-state index in [4.69, 9.17) is 15.3 Å². The van der Waals surface area contributed by atoms with Crippen LogP contribution in [0.15, 0.2) is 23.8 Å². The lowest BCUT2D eigenvalue weighted by atomic mass is 10.1. The molecule has 0 bridgehead atoms. The molecule has 0 fully saturated rings. The lowest BCUT2D eigenvalue weighted by molar-refractivity contribution is 0.339. The maximum atomic E-state index is 13.0. The van der Waals surface area contributed by atoms with Crippen LogP contribution in [0.5, 0.6) is 5.75 Å². The van der Waals surface area contributed by atoms with E-state index in [9.17, 15) is 4.39 Å². The van der Waals surface area contributed by atoms with E-state index in [0.29, 0.717) is 17.9 Å². The molecule has 1 rings (SSSR count). The summed E-state index contributed by atoms with van der Waals surface area (Å²) in [5, 5.41) is 17.2. The lowest BCUT2D eigenvalue weighted by Gasteiger charge is -2.06. The van der Waals surface area contributed by atoms with E-state index in [1.54, 1.807) is 19.1 Å². The Morgan fingerprint density at radius 1 is 1.44 bits per heavy atom. The van der Waals surface area contributed by atoms with Gasteiger partial charge in [-0.1, -0.05) is 0 Å². The van der Waals surface area contributed by atoms with Crippen molar-refractivity contribution in [2.75, 3.05) is 6.61 Å². The average Bonchev–Trinajstić information content (AvgIpc) is 2.29. The first-order chi connectivity index (χ1) is 7.71. The molecule has 3 nitrogen and oxygen atoms in total. The quantitative estimate of drug-likeness (QED) is 0.730. The molecule has 0 amide bonds. The predicted octanol–water partition coefficient (Wildman–Crippen LogP) is 2.65. The van der Waals surface area contributed by atoms with E-state index < -0.39 is 5.82 Å². The maximum absolute atomic E-state index is 13.0. The number of ether oxygens (including phenoxy) is 1. The second kappa shape index (κ2) is 5.53. The van der Waals surface area contributed by atoms with Crippen molar-refractivity contribution in [3.05, 3.63) is 35.2 Å². The van der Waals surface area contributed by atoms with Gasteiger partial charge in [-0.25, -0.2) is 4.39 Å². The topological polar surface area (TPSA) is 56.8 Å². The van der Waals surface area contributed by atoms with E-state index in [1.165, 1.54) is 24.3 Å².